The molecule has 1 amide bonds. The minimum atomic E-state index is -3.78. The fourth-order valence-electron chi connectivity index (χ4n) is 2.02. The van der Waals surface area contributed by atoms with Gasteiger partial charge in [0.15, 0.2) is 0 Å². The van der Waals surface area contributed by atoms with Crippen LogP contribution in [-0.4, -0.2) is 48.0 Å². The standard InChI is InChI=1S/C10H13BrN4O4S/c11-6-3-8(9(12)13-4-6)20(18,19)15-2-1-7(5-15)14-10(16)17/h3-4,7,14H,1-2,5H2,(H2,12,13)(H,16,17)/t7-/m1/s1. The molecule has 1 aromatic rings. The maximum absolute atomic E-state index is 12.4. The molecule has 1 aliphatic heterocycles. The Balaban J connectivity index is 2.24. The van der Waals surface area contributed by atoms with Crippen LogP contribution in [0.25, 0.3) is 0 Å². The van der Waals surface area contributed by atoms with Crippen LogP contribution in [0.1, 0.15) is 6.42 Å². The highest BCUT2D eigenvalue weighted by Crippen LogP contribution is 2.26. The van der Waals surface area contributed by atoms with Gasteiger partial charge in [-0.05, 0) is 28.4 Å². The molecular formula is C10H13BrN4O4S. The molecule has 110 valence electrons. The quantitative estimate of drug-likeness (QED) is 0.714. The maximum atomic E-state index is 12.4. The number of anilines is 1. The second-order valence-corrected chi connectivity index (χ2v) is 7.16. The van der Waals surface area contributed by atoms with Crippen molar-refractivity contribution in [1.82, 2.24) is 14.6 Å². The van der Waals surface area contributed by atoms with Crippen LogP contribution in [0, 0.1) is 0 Å². The average Bonchev–Trinajstić information content (AvgIpc) is 2.80. The lowest BCUT2D eigenvalue weighted by Gasteiger charge is -2.17. The summed E-state index contributed by atoms with van der Waals surface area (Å²) in [5.41, 5.74) is 5.61. The average molecular weight is 365 g/mol. The van der Waals surface area contributed by atoms with Crippen molar-refractivity contribution in [3.8, 4) is 0 Å². The summed E-state index contributed by atoms with van der Waals surface area (Å²) in [6.07, 6.45) is 0.665. The predicted molar refractivity (Wildman–Crippen MR) is 74.7 cm³/mol. The molecule has 0 aliphatic carbocycles. The summed E-state index contributed by atoms with van der Waals surface area (Å²) in [5, 5.41) is 10.9. The van der Waals surface area contributed by atoms with Gasteiger partial charge in [-0.1, -0.05) is 0 Å². The van der Waals surface area contributed by atoms with E-state index in [2.05, 4.69) is 26.2 Å². The third kappa shape index (κ3) is 3.02. The second-order valence-electron chi connectivity index (χ2n) is 4.34. The highest BCUT2D eigenvalue weighted by atomic mass is 79.9. The third-order valence-corrected chi connectivity index (χ3v) is 5.27. The molecule has 2 rings (SSSR count). The van der Waals surface area contributed by atoms with Crippen molar-refractivity contribution in [2.24, 2.45) is 0 Å². The molecule has 0 saturated carbocycles. The van der Waals surface area contributed by atoms with Crippen molar-refractivity contribution >= 4 is 37.9 Å². The molecule has 0 unspecified atom stereocenters. The summed E-state index contributed by atoms with van der Waals surface area (Å²) in [4.78, 5) is 14.3. The van der Waals surface area contributed by atoms with E-state index in [4.69, 9.17) is 10.8 Å². The molecule has 1 atom stereocenters. The van der Waals surface area contributed by atoms with E-state index in [1.807, 2.05) is 0 Å². The molecule has 2 heterocycles. The highest BCUT2D eigenvalue weighted by Gasteiger charge is 2.34. The first kappa shape index (κ1) is 15.0. The summed E-state index contributed by atoms with van der Waals surface area (Å²) in [7, 11) is -3.78. The lowest BCUT2D eigenvalue weighted by atomic mass is 10.3. The Hall–Kier alpha value is -1.39. The van der Waals surface area contributed by atoms with Crippen LogP contribution in [0.15, 0.2) is 21.6 Å². The number of aromatic nitrogens is 1. The van der Waals surface area contributed by atoms with Crippen LogP contribution in [0.5, 0.6) is 0 Å². The Morgan fingerprint density at radius 3 is 2.95 bits per heavy atom. The van der Waals surface area contributed by atoms with Gasteiger partial charge < -0.3 is 16.2 Å². The molecule has 1 aliphatic rings. The molecule has 0 radical (unpaired) electrons. The van der Waals surface area contributed by atoms with E-state index in [1.54, 1.807) is 0 Å². The van der Waals surface area contributed by atoms with Gasteiger partial charge in [-0.3, -0.25) is 0 Å². The molecule has 4 N–H and O–H groups in total. The molecule has 0 aromatic carbocycles. The molecule has 10 heteroatoms. The van der Waals surface area contributed by atoms with Crippen LogP contribution in [0.3, 0.4) is 0 Å². The molecule has 1 saturated heterocycles. The number of hydrogen-bond acceptors (Lipinski definition) is 5. The van der Waals surface area contributed by atoms with E-state index < -0.39 is 22.2 Å². The lowest BCUT2D eigenvalue weighted by molar-refractivity contribution is 0.190. The molecule has 1 fully saturated rings. The first-order valence-electron chi connectivity index (χ1n) is 5.71. The molecule has 8 nitrogen and oxygen atoms in total. The van der Waals surface area contributed by atoms with Gasteiger partial charge in [0.05, 0.1) is 0 Å². The van der Waals surface area contributed by atoms with E-state index in [0.29, 0.717) is 10.9 Å². The lowest BCUT2D eigenvalue weighted by Crippen LogP contribution is -2.37. The number of nitrogens with one attached hydrogen (secondary N) is 1. The third-order valence-electron chi connectivity index (χ3n) is 2.94. The summed E-state index contributed by atoms with van der Waals surface area (Å²) in [5.74, 6) is -0.0807. The van der Waals surface area contributed by atoms with Crippen LogP contribution in [0.4, 0.5) is 10.6 Å². The van der Waals surface area contributed by atoms with Gasteiger partial charge in [-0.2, -0.15) is 4.31 Å². The topological polar surface area (TPSA) is 126 Å². The number of halogens is 1. The minimum absolute atomic E-state index is 0.0807. The first-order valence-corrected chi connectivity index (χ1v) is 7.94. The zero-order valence-corrected chi connectivity index (χ0v) is 12.7. The van der Waals surface area contributed by atoms with Crippen molar-refractivity contribution < 1.29 is 18.3 Å². The normalized spacial score (nSPS) is 19.9. The van der Waals surface area contributed by atoms with Crippen LogP contribution >= 0.6 is 15.9 Å². The summed E-state index contributed by atoms with van der Waals surface area (Å²) >= 11 is 3.15. The number of carboxylic acid groups (broad SMARTS) is 1. The van der Waals surface area contributed by atoms with Crippen molar-refractivity contribution in [1.29, 1.82) is 0 Å². The first-order chi connectivity index (χ1) is 9.30. The predicted octanol–water partition coefficient (Wildman–Crippen LogP) is 0.457. The number of nitrogens with zero attached hydrogens (tertiary/aromatic N) is 2. The van der Waals surface area contributed by atoms with Gasteiger partial charge in [0, 0.05) is 29.8 Å². The van der Waals surface area contributed by atoms with E-state index >= 15 is 0 Å². The maximum Gasteiger partial charge on any atom is 0.404 e. The van der Waals surface area contributed by atoms with Crippen molar-refractivity contribution in [2.75, 3.05) is 18.8 Å². The largest absolute Gasteiger partial charge is 0.465 e. The SMILES string of the molecule is Nc1ncc(Br)cc1S(=O)(=O)N1CC[C@@H](NC(=O)O)C1. The van der Waals surface area contributed by atoms with Crippen LogP contribution in [0.2, 0.25) is 0 Å². The van der Waals surface area contributed by atoms with Crippen LogP contribution < -0.4 is 11.1 Å². The van der Waals surface area contributed by atoms with Crippen molar-refractivity contribution in [3.05, 3.63) is 16.7 Å². The fraction of sp³-hybridized carbons (Fsp3) is 0.400. The highest BCUT2D eigenvalue weighted by molar-refractivity contribution is 9.10. The van der Waals surface area contributed by atoms with Crippen molar-refractivity contribution in [3.63, 3.8) is 0 Å². The zero-order chi connectivity index (χ0) is 14.9. The van der Waals surface area contributed by atoms with Gasteiger partial charge in [0.1, 0.15) is 10.7 Å². The van der Waals surface area contributed by atoms with Gasteiger partial charge in [0.2, 0.25) is 10.0 Å². The number of sulfonamides is 1. The number of amides is 1. The summed E-state index contributed by atoms with van der Waals surface area (Å²) in [6.45, 7) is 0.319. The number of nitrogens with two attached hydrogens (primary N) is 1. The molecule has 20 heavy (non-hydrogen) atoms. The zero-order valence-electron chi connectivity index (χ0n) is 10.3. The van der Waals surface area contributed by atoms with Gasteiger partial charge in [-0.15, -0.1) is 0 Å². The van der Waals surface area contributed by atoms with Gasteiger partial charge in [-0.25, -0.2) is 18.2 Å². The second kappa shape index (κ2) is 5.54. The number of rotatable bonds is 3. The fourth-order valence-corrected chi connectivity index (χ4v) is 4.09. The molecule has 0 spiro atoms. The molecule has 0 bridgehead atoms. The number of pyridine rings is 1. The summed E-state index contributed by atoms with van der Waals surface area (Å²) < 4.78 is 26.6. The van der Waals surface area contributed by atoms with Gasteiger partial charge >= 0.3 is 6.09 Å². The van der Waals surface area contributed by atoms with E-state index in [0.717, 1.165) is 0 Å². The summed E-state index contributed by atoms with van der Waals surface area (Å²) in [6, 6.07) is 0.971. The van der Waals surface area contributed by atoms with Crippen molar-refractivity contribution in [2.45, 2.75) is 17.4 Å². The number of nitrogen functional groups attached to an aromatic ring is 1. The van der Waals surface area contributed by atoms with E-state index in [9.17, 15) is 13.2 Å². The Labute approximate surface area is 124 Å². The Kier molecular flexibility index (Phi) is 4.16. The van der Waals surface area contributed by atoms with E-state index in [1.165, 1.54) is 16.6 Å². The Morgan fingerprint density at radius 2 is 2.30 bits per heavy atom. The Morgan fingerprint density at radius 1 is 1.60 bits per heavy atom. The minimum Gasteiger partial charge on any atom is -0.465 e. The molecular weight excluding hydrogens is 352 g/mol. The number of carbonyl (C=O) groups is 1. The van der Waals surface area contributed by atoms with Crippen LogP contribution in [-0.2, 0) is 10.0 Å². The molecule has 1 aromatic heterocycles. The van der Waals surface area contributed by atoms with E-state index in [-0.39, 0.29) is 23.8 Å². The monoisotopic (exact) mass is 364 g/mol. The smallest absolute Gasteiger partial charge is 0.404 e. The number of hydrogen-bond donors (Lipinski definition) is 3. The Bertz CT molecular complexity index is 636. The van der Waals surface area contributed by atoms with Gasteiger partial charge in [0.25, 0.3) is 0 Å².